The van der Waals surface area contributed by atoms with Gasteiger partial charge in [0.05, 0.1) is 0 Å². The van der Waals surface area contributed by atoms with Crippen molar-refractivity contribution in [2.24, 2.45) is 0 Å². The zero-order chi connectivity index (χ0) is 13.5. The molecule has 2 aromatic carbocycles. The number of aryl methyl sites for hydroxylation is 1. The van der Waals surface area contributed by atoms with Crippen LogP contribution in [0.25, 0.3) is 0 Å². The Morgan fingerprint density at radius 1 is 0.947 bits per heavy atom. The van der Waals surface area contributed by atoms with Crippen LogP contribution in [0.2, 0.25) is 0 Å². The first-order valence-electron chi connectivity index (χ1n) is 6.73. The van der Waals surface area contributed by atoms with Gasteiger partial charge in [0, 0.05) is 10.5 Å². The van der Waals surface area contributed by atoms with Crippen molar-refractivity contribution in [3.05, 3.63) is 70.2 Å². The van der Waals surface area contributed by atoms with E-state index in [4.69, 9.17) is 0 Å². The fraction of sp³-hybridized carbons (Fsp3) is 0.294. The molecule has 100 valence electrons. The van der Waals surface area contributed by atoms with Crippen LogP contribution in [0, 0.1) is 0 Å². The van der Waals surface area contributed by atoms with Gasteiger partial charge in [0.2, 0.25) is 0 Å². The van der Waals surface area contributed by atoms with Crippen LogP contribution in [0.3, 0.4) is 0 Å². The monoisotopic (exact) mass is 317 g/mol. The van der Waals surface area contributed by atoms with E-state index < -0.39 is 0 Å². The first-order valence-corrected chi connectivity index (χ1v) is 7.53. The summed E-state index contributed by atoms with van der Waals surface area (Å²) in [5, 5.41) is 3.42. The van der Waals surface area contributed by atoms with E-state index in [0.29, 0.717) is 6.04 Å². The summed E-state index contributed by atoms with van der Waals surface area (Å²) in [6.07, 6.45) is 3.37. The molecule has 0 aliphatic heterocycles. The fourth-order valence-corrected chi connectivity index (χ4v) is 2.50. The van der Waals surface area contributed by atoms with E-state index in [1.165, 1.54) is 11.1 Å². The van der Waals surface area contributed by atoms with E-state index >= 15 is 0 Å². The van der Waals surface area contributed by atoms with Gasteiger partial charge in [-0.2, -0.15) is 0 Å². The highest BCUT2D eigenvalue weighted by Crippen LogP contribution is 2.14. The SMILES string of the molecule is CNC(CCc1ccccc1)Cc1ccc(Br)cc1. The van der Waals surface area contributed by atoms with Gasteiger partial charge >= 0.3 is 0 Å². The van der Waals surface area contributed by atoms with Crippen molar-refractivity contribution in [1.29, 1.82) is 0 Å². The number of rotatable bonds is 6. The van der Waals surface area contributed by atoms with Crippen molar-refractivity contribution in [3.63, 3.8) is 0 Å². The van der Waals surface area contributed by atoms with Crippen LogP contribution in [-0.2, 0) is 12.8 Å². The van der Waals surface area contributed by atoms with Gasteiger partial charge in [0.1, 0.15) is 0 Å². The number of halogens is 1. The van der Waals surface area contributed by atoms with E-state index in [-0.39, 0.29) is 0 Å². The molecule has 2 heteroatoms. The van der Waals surface area contributed by atoms with Crippen LogP contribution in [0.15, 0.2) is 59.1 Å². The molecule has 0 saturated heterocycles. The number of likely N-dealkylation sites (N-methyl/N-ethyl adjacent to an activating group) is 1. The van der Waals surface area contributed by atoms with E-state index in [9.17, 15) is 0 Å². The lowest BCUT2D eigenvalue weighted by Crippen LogP contribution is -2.28. The van der Waals surface area contributed by atoms with Crippen LogP contribution in [0.5, 0.6) is 0 Å². The zero-order valence-corrected chi connectivity index (χ0v) is 12.9. The molecule has 0 spiro atoms. The topological polar surface area (TPSA) is 12.0 Å². The fourth-order valence-electron chi connectivity index (χ4n) is 2.24. The lowest BCUT2D eigenvalue weighted by molar-refractivity contribution is 0.520. The quantitative estimate of drug-likeness (QED) is 0.841. The molecule has 0 aromatic heterocycles. The molecular weight excluding hydrogens is 298 g/mol. The second-order valence-electron chi connectivity index (χ2n) is 4.84. The van der Waals surface area contributed by atoms with Crippen LogP contribution >= 0.6 is 15.9 Å². The highest BCUT2D eigenvalue weighted by atomic mass is 79.9. The molecule has 0 aliphatic carbocycles. The number of hydrogen-bond donors (Lipinski definition) is 1. The van der Waals surface area contributed by atoms with Gasteiger partial charge in [-0.15, -0.1) is 0 Å². The summed E-state index contributed by atoms with van der Waals surface area (Å²) >= 11 is 3.47. The maximum absolute atomic E-state index is 3.47. The summed E-state index contributed by atoms with van der Waals surface area (Å²) in [5.74, 6) is 0. The van der Waals surface area contributed by atoms with Crippen LogP contribution in [0.4, 0.5) is 0 Å². The molecule has 1 nitrogen and oxygen atoms in total. The summed E-state index contributed by atoms with van der Waals surface area (Å²) in [7, 11) is 2.05. The van der Waals surface area contributed by atoms with Crippen molar-refractivity contribution in [3.8, 4) is 0 Å². The summed E-state index contributed by atoms with van der Waals surface area (Å²) in [5.41, 5.74) is 2.80. The predicted octanol–water partition coefficient (Wildman–Crippen LogP) is 4.21. The zero-order valence-electron chi connectivity index (χ0n) is 11.3. The smallest absolute Gasteiger partial charge is 0.0175 e. The Morgan fingerprint density at radius 2 is 1.63 bits per heavy atom. The molecule has 2 rings (SSSR count). The average molecular weight is 318 g/mol. The molecule has 1 unspecified atom stereocenters. The summed E-state index contributed by atoms with van der Waals surface area (Å²) in [6, 6.07) is 19.8. The van der Waals surface area contributed by atoms with Crippen LogP contribution < -0.4 is 5.32 Å². The molecule has 0 aliphatic rings. The third-order valence-corrected chi connectivity index (χ3v) is 3.96. The Bertz CT molecular complexity index is 478. The lowest BCUT2D eigenvalue weighted by Gasteiger charge is -2.16. The number of hydrogen-bond acceptors (Lipinski definition) is 1. The molecule has 19 heavy (non-hydrogen) atoms. The van der Waals surface area contributed by atoms with Gasteiger partial charge in [-0.3, -0.25) is 0 Å². The molecule has 0 radical (unpaired) electrons. The van der Waals surface area contributed by atoms with Crippen molar-refractivity contribution in [2.75, 3.05) is 7.05 Å². The molecular formula is C17H20BrN. The Kier molecular flexibility index (Phi) is 5.62. The molecule has 0 saturated carbocycles. The Balaban J connectivity index is 1.88. The van der Waals surface area contributed by atoms with E-state index in [1.54, 1.807) is 0 Å². The van der Waals surface area contributed by atoms with Crippen LogP contribution in [0.1, 0.15) is 17.5 Å². The maximum atomic E-state index is 3.47. The average Bonchev–Trinajstić information content (AvgIpc) is 2.46. The second-order valence-corrected chi connectivity index (χ2v) is 5.76. The second kappa shape index (κ2) is 7.46. The Hall–Kier alpha value is -1.12. The lowest BCUT2D eigenvalue weighted by atomic mass is 9.99. The van der Waals surface area contributed by atoms with Crippen molar-refractivity contribution < 1.29 is 0 Å². The maximum Gasteiger partial charge on any atom is 0.0175 e. The van der Waals surface area contributed by atoms with Crippen LogP contribution in [-0.4, -0.2) is 13.1 Å². The number of nitrogens with one attached hydrogen (secondary N) is 1. The van der Waals surface area contributed by atoms with Gasteiger partial charge in [-0.05, 0) is 49.6 Å². The molecule has 1 atom stereocenters. The van der Waals surface area contributed by atoms with E-state index in [1.807, 2.05) is 0 Å². The highest BCUT2D eigenvalue weighted by Gasteiger charge is 2.07. The van der Waals surface area contributed by atoms with Gasteiger partial charge in [-0.25, -0.2) is 0 Å². The van der Waals surface area contributed by atoms with E-state index in [0.717, 1.165) is 23.7 Å². The summed E-state index contributed by atoms with van der Waals surface area (Å²) in [4.78, 5) is 0. The van der Waals surface area contributed by atoms with Gasteiger partial charge in [0.15, 0.2) is 0 Å². The first kappa shape index (κ1) is 14.3. The normalized spacial score (nSPS) is 12.3. The molecule has 0 fully saturated rings. The molecule has 0 heterocycles. The minimum atomic E-state index is 0.529. The van der Waals surface area contributed by atoms with Gasteiger partial charge in [-0.1, -0.05) is 58.4 Å². The largest absolute Gasteiger partial charge is 0.317 e. The Morgan fingerprint density at radius 3 is 2.26 bits per heavy atom. The summed E-state index contributed by atoms with van der Waals surface area (Å²) < 4.78 is 1.14. The molecule has 2 aromatic rings. The minimum absolute atomic E-state index is 0.529. The molecule has 0 amide bonds. The van der Waals surface area contributed by atoms with Crippen molar-refractivity contribution >= 4 is 15.9 Å². The van der Waals surface area contributed by atoms with Gasteiger partial charge in [0.25, 0.3) is 0 Å². The standard InChI is InChI=1S/C17H20BrN/c1-19-17(12-9-14-5-3-2-4-6-14)13-15-7-10-16(18)11-8-15/h2-8,10-11,17,19H,9,12-13H2,1H3. The van der Waals surface area contributed by atoms with Crippen molar-refractivity contribution in [2.45, 2.75) is 25.3 Å². The first-order chi connectivity index (χ1) is 9.28. The molecule has 0 bridgehead atoms. The Labute approximate surface area is 124 Å². The predicted molar refractivity (Wildman–Crippen MR) is 85.5 cm³/mol. The van der Waals surface area contributed by atoms with Crippen molar-refractivity contribution in [1.82, 2.24) is 5.32 Å². The highest BCUT2D eigenvalue weighted by molar-refractivity contribution is 9.10. The minimum Gasteiger partial charge on any atom is -0.317 e. The molecule has 1 N–H and O–H groups in total. The van der Waals surface area contributed by atoms with Gasteiger partial charge < -0.3 is 5.32 Å². The third-order valence-electron chi connectivity index (χ3n) is 3.43. The van der Waals surface area contributed by atoms with E-state index in [2.05, 4.69) is 82.9 Å². The number of benzene rings is 2. The summed E-state index contributed by atoms with van der Waals surface area (Å²) in [6.45, 7) is 0. The third kappa shape index (κ3) is 4.81.